The van der Waals surface area contributed by atoms with Gasteiger partial charge in [0.1, 0.15) is 23.7 Å². The summed E-state index contributed by atoms with van der Waals surface area (Å²) in [4.78, 5) is 35.8. The Hall–Kier alpha value is -3.94. The van der Waals surface area contributed by atoms with E-state index >= 15 is 0 Å². The molecular weight excluding hydrogens is 381 g/mol. The quantitative estimate of drug-likeness (QED) is 0.616. The lowest BCUT2D eigenvalue weighted by atomic mass is 10.2. The number of hydrogen-bond acceptors (Lipinski definition) is 6. The highest BCUT2D eigenvalue weighted by Crippen LogP contribution is 2.20. The second kappa shape index (κ2) is 9.32. The molecule has 0 spiro atoms. The third-order valence-electron chi connectivity index (χ3n) is 3.75. The molecule has 0 radical (unpaired) electrons. The fraction of sp³-hybridized carbons (Fsp3) is 0.0952. The van der Waals surface area contributed by atoms with E-state index in [-0.39, 0.29) is 29.5 Å². The van der Waals surface area contributed by atoms with Crippen LogP contribution in [0.15, 0.2) is 71.3 Å². The van der Waals surface area contributed by atoms with Crippen LogP contribution in [-0.4, -0.2) is 24.4 Å². The number of halogens is 1. The Labute approximate surface area is 165 Å². The number of hydrogen-bond donors (Lipinski definition) is 1. The average Bonchev–Trinajstić information content (AvgIpc) is 3.27. The monoisotopic (exact) mass is 397 g/mol. The molecule has 1 heterocycles. The third kappa shape index (κ3) is 5.52. The molecule has 3 aromatic rings. The minimum atomic E-state index is -0.801. The zero-order valence-corrected chi connectivity index (χ0v) is 15.1. The van der Waals surface area contributed by atoms with Gasteiger partial charge in [-0.2, -0.15) is 0 Å². The van der Waals surface area contributed by atoms with E-state index in [1.165, 1.54) is 36.6 Å². The molecule has 8 heteroatoms. The number of rotatable bonds is 7. The first kappa shape index (κ1) is 19.8. The highest BCUT2D eigenvalue weighted by molar-refractivity contribution is 6.04. The first-order valence-electron chi connectivity index (χ1n) is 8.54. The molecule has 0 saturated heterocycles. The van der Waals surface area contributed by atoms with Gasteiger partial charge < -0.3 is 13.9 Å². The van der Waals surface area contributed by atoms with Gasteiger partial charge in [0.2, 0.25) is 0 Å². The standard InChI is InChI=1S/C21H16FNO6/c22-15-9-7-14(8-10-15)12-28-17-5-2-1-4-16(17)21(26)29-13-19(24)23-20(25)18-6-3-11-27-18/h1-11H,12-13H2,(H,23,24,25). The van der Waals surface area contributed by atoms with E-state index in [1.54, 1.807) is 30.3 Å². The molecule has 0 fully saturated rings. The number of carbonyl (C=O) groups is 3. The summed E-state index contributed by atoms with van der Waals surface area (Å²) in [6.07, 6.45) is 1.29. The van der Waals surface area contributed by atoms with E-state index in [0.29, 0.717) is 5.56 Å². The maximum Gasteiger partial charge on any atom is 0.342 e. The second-order valence-electron chi connectivity index (χ2n) is 5.84. The topological polar surface area (TPSA) is 94.8 Å². The Bertz CT molecular complexity index is 998. The Morgan fingerprint density at radius 3 is 2.45 bits per heavy atom. The minimum absolute atomic E-state index is 0.0378. The van der Waals surface area contributed by atoms with Gasteiger partial charge in [-0.05, 0) is 42.0 Å². The Kier molecular flexibility index (Phi) is 6.36. The predicted octanol–water partition coefficient (Wildman–Crippen LogP) is 3.11. The number of imide groups is 1. The summed E-state index contributed by atoms with van der Waals surface area (Å²) in [5, 5.41) is 2.04. The summed E-state index contributed by atoms with van der Waals surface area (Å²) in [6.45, 7) is -0.541. The van der Waals surface area contributed by atoms with Crippen LogP contribution in [0.3, 0.4) is 0 Å². The van der Waals surface area contributed by atoms with Gasteiger partial charge in [-0.3, -0.25) is 14.9 Å². The molecule has 148 valence electrons. The summed E-state index contributed by atoms with van der Waals surface area (Å²) < 4.78 is 28.4. The van der Waals surface area contributed by atoms with Crippen molar-refractivity contribution in [3.63, 3.8) is 0 Å². The van der Waals surface area contributed by atoms with Crippen molar-refractivity contribution >= 4 is 17.8 Å². The minimum Gasteiger partial charge on any atom is -0.488 e. The van der Waals surface area contributed by atoms with Crippen LogP contribution in [0.1, 0.15) is 26.5 Å². The number of amides is 2. The molecular formula is C21H16FNO6. The van der Waals surface area contributed by atoms with Crippen LogP contribution >= 0.6 is 0 Å². The Morgan fingerprint density at radius 1 is 0.966 bits per heavy atom. The zero-order chi connectivity index (χ0) is 20.6. The number of para-hydroxylation sites is 1. The zero-order valence-electron chi connectivity index (χ0n) is 15.1. The number of esters is 1. The van der Waals surface area contributed by atoms with Crippen molar-refractivity contribution in [3.05, 3.63) is 89.6 Å². The molecule has 3 rings (SSSR count). The smallest absolute Gasteiger partial charge is 0.342 e. The molecule has 29 heavy (non-hydrogen) atoms. The molecule has 2 aromatic carbocycles. The third-order valence-corrected chi connectivity index (χ3v) is 3.75. The van der Waals surface area contributed by atoms with Crippen LogP contribution in [0.4, 0.5) is 4.39 Å². The lowest BCUT2D eigenvalue weighted by Crippen LogP contribution is -2.34. The number of furan rings is 1. The van der Waals surface area contributed by atoms with Crippen LogP contribution in [-0.2, 0) is 16.1 Å². The van der Waals surface area contributed by atoms with Crippen LogP contribution in [0.2, 0.25) is 0 Å². The van der Waals surface area contributed by atoms with E-state index in [2.05, 4.69) is 0 Å². The molecule has 0 unspecified atom stereocenters. The van der Waals surface area contributed by atoms with Gasteiger partial charge >= 0.3 is 5.97 Å². The molecule has 1 aromatic heterocycles. The first-order valence-corrected chi connectivity index (χ1v) is 8.54. The molecule has 0 aliphatic carbocycles. The summed E-state index contributed by atoms with van der Waals surface area (Å²) in [5.74, 6) is -2.48. The van der Waals surface area contributed by atoms with Crippen LogP contribution in [0.25, 0.3) is 0 Å². The SMILES string of the molecule is O=C(COC(=O)c1ccccc1OCc1ccc(F)cc1)NC(=O)c1ccco1. The number of nitrogens with one attached hydrogen (secondary N) is 1. The van der Waals surface area contributed by atoms with Crippen molar-refractivity contribution < 1.29 is 32.7 Å². The maximum atomic E-state index is 13.0. The summed E-state index contributed by atoms with van der Waals surface area (Å²) in [6, 6.07) is 15.0. The summed E-state index contributed by atoms with van der Waals surface area (Å²) in [7, 11) is 0. The van der Waals surface area contributed by atoms with Gasteiger partial charge in [0.15, 0.2) is 12.4 Å². The van der Waals surface area contributed by atoms with Gasteiger partial charge in [-0.1, -0.05) is 24.3 Å². The van der Waals surface area contributed by atoms with Crippen LogP contribution in [0.5, 0.6) is 5.75 Å². The fourth-order valence-electron chi connectivity index (χ4n) is 2.34. The average molecular weight is 397 g/mol. The van der Waals surface area contributed by atoms with Crippen molar-refractivity contribution in [2.75, 3.05) is 6.61 Å². The van der Waals surface area contributed by atoms with Gasteiger partial charge in [0, 0.05) is 0 Å². The molecule has 0 aliphatic rings. The highest BCUT2D eigenvalue weighted by atomic mass is 19.1. The lowest BCUT2D eigenvalue weighted by molar-refractivity contribution is -0.123. The van der Waals surface area contributed by atoms with Crippen molar-refractivity contribution in [2.24, 2.45) is 0 Å². The highest BCUT2D eigenvalue weighted by Gasteiger charge is 2.17. The number of carbonyl (C=O) groups excluding carboxylic acids is 3. The van der Waals surface area contributed by atoms with E-state index in [4.69, 9.17) is 13.9 Å². The number of benzene rings is 2. The molecule has 1 N–H and O–H groups in total. The van der Waals surface area contributed by atoms with E-state index in [0.717, 1.165) is 0 Å². The molecule has 0 saturated carbocycles. The van der Waals surface area contributed by atoms with Crippen molar-refractivity contribution in [3.8, 4) is 5.75 Å². The van der Waals surface area contributed by atoms with Crippen molar-refractivity contribution in [1.82, 2.24) is 5.32 Å². The Balaban J connectivity index is 1.55. The summed E-state index contributed by atoms with van der Waals surface area (Å²) >= 11 is 0. The summed E-state index contributed by atoms with van der Waals surface area (Å²) in [5.41, 5.74) is 0.824. The van der Waals surface area contributed by atoms with Crippen LogP contribution in [0, 0.1) is 5.82 Å². The largest absolute Gasteiger partial charge is 0.488 e. The van der Waals surface area contributed by atoms with Crippen molar-refractivity contribution in [1.29, 1.82) is 0 Å². The van der Waals surface area contributed by atoms with Crippen molar-refractivity contribution in [2.45, 2.75) is 6.61 Å². The molecule has 0 bridgehead atoms. The van der Waals surface area contributed by atoms with E-state index < -0.39 is 24.4 Å². The normalized spacial score (nSPS) is 10.2. The van der Waals surface area contributed by atoms with E-state index in [1.807, 2.05) is 5.32 Å². The molecule has 7 nitrogen and oxygen atoms in total. The maximum absolute atomic E-state index is 13.0. The fourth-order valence-corrected chi connectivity index (χ4v) is 2.34. The van der Waals surface area contributed by atoms with Gasteiger partial charge in [0.25, 0.3) is 11.8 Å². The Morgan fingerprint density at radius 2 is 1.72 bits per heavy atom. The molecule has 2 amide bonds. The van der Waals surface area contributed by atoms with Crippen LogP contribution < -0.4 is 10.1 Å². The van der Waals surface area contributed by atoms with E-state index in [9.17, 15) is 18.8 Å². The van der Waals surface area contributed by atoms with Gasteiger partial charge in [-0.25, -0.2) is 9.18 Å². The number of ether oxygens (including phenoxy) is 2. The van der Waals surface area contributed by atoms with Gasteiger partial charge in [-0.15, -0.1) is 0 Å². The lowest BCUT2D eigenvalue weighted by Gasteiger charge is -2.11. The first-order chi connectivity index (χ1) is 14.0. The molecule has 0 aliphatic heterocycles. The molecule has 0 atom stereocenters. The second-order valence-corrected chi connectivity index (χ2v) is 5.84. The predicted molar refractivity (Wildman–Crippen MR) is 98.6 cm³/mol. The van der Waals surface area contributed by atoms with Gasteiger partial charge in [0.05, 0.1) is 6.26 Å².